The van der Waals surface area contributed by atoms with E-state index in [4.69, 9.17) is 12.2 Å². The van der Waals surface area contributed by atoms with E-state index in [0.717, 1.165) is 6.42 Å². The monoisotopic (exact) mass is 629 g/mol. The van der Waals surface area contributed by atoms with Gasteiger partial charge in [-0.05, 0) is 56.2 Å². The molecular formula is C31H43N5O7S. The van der Waals surface area contributed by atoms with E-state index >= 15 is 0 Å². The Hall–Kier alpha value is -3.92. The van der Waals surface area contributed by atoms with E-state index in [1.165, 1.54) is 12.1 Å². The van der Waals surface area contributed by atoms with Crippen molar-refractivity contribution < 1.29 is 32.4 Å². The Labute approximate surface area is 259 Å². The summed E-state index contributed by atoms with van der Waals surface area (Å²) in [5.74, 6) is 0.680. The Kier molecular flexibility index (Phi) is 12.8. The highest BCUT2D eigenvalue weighted by atomic mass is 32.2. The molecule has 44 heavy (non-hydrogen) atoms. The van der Waals surface area contributed by atoms with E-state index in [9.17, 15) is 32.4 Å². The van der Waals surface area contributed by atoms with Crippen molar-refractivity contribution in [3.63, 3.8) is 0 Å². The third-order valence-electron chi connectivity index (χ3n) is 8.18. The topological polar surface area (TPSA) is 176 Å². The summed E-state index contributed by atoms with van der Waals surface area (Å²) in [6.45, 7) is 2.40. The van der Waals surface area contributed by atoms with E-state index in [2.05, 4.69) is 16.6 Å². The van der Waals surface area contributed by atoms with Crippen LogP contribution in [0.25, 0.3) is 0 Å². The van der Waals surface area contributed by atoms with Gasteiger partial charge in [-0.2, -0.15) is 0 Å². The van der Waals surface area contributed by atoms with Crippen molar-refractivity contribution in [2.45, 2.75) is 101 Å². The second kappa shape index (κ2) is 16.2. The van der Waals surface area contributed by atoms with Crippen LogP contribution in [0.2, 0.25) is 0 Å². The molecular weight excluding hydrogens is 586 g/mol. The fraction of sp³-hybridized carbons (Fsp3) is 0.581. The van der Waals surface area contributed by atoms with Gasteiger partial charge in [0.2, 0.25) is 29.5 Å². The summed E-state index contributed by atoms with van der Waals surface area (Å²) in [4.78, 5) is 67.5. The lowest BCUT2D eigenvalue weighted by Gasteiger charge is -2.35. The fourth-order valence-corrected chi connectivity index (χ4v) is 6.49. The molecule has 240 valence electrons. The van der Waals surface area contributed by atoms with Crippen molar-refractivity contribution in [1.82, 2.24) is 20.4 Å². The molecule has 3 unspecified atom stereocenters. The third kappa shape index (κ3) is 9.54. The van der Waals surface area contributed by atoms with Gasteiger partial charge in [-0.1, -0.05) is 19.1 Å². The highest BCUT2D eigenvalue weighted by Gasteiger charge is 2.42. The smallest absolute Gasteiger partial charge is 0.243 e. The maximum atomic E-state index is 13.4. The average Bonchev–Trinajstić information content (AvgIpc) is 3.42. The molecule has 2 aliphatic heterocycles. The fourth-order valence-electron chi connectivity index (χ4n) is 5.61. The second-order valence-corrected chi connectivity index (χ2v) is 13.5. The van der Waals surface area contributed by atoms with Crippen LogP contribution in [0.5, 0.6) is 0 Å². The number of nitrogens with zero attached hydrogens (tertiary/aromatic N) is 2. The number of hydrogen-bond donors (Lipinski definition) is 3. The Morgan fingerprint density at radius 1 is 1.07 bits per heavy atom. The molecule has 2 aliphatic rings. The van der Waals surface area contributed by atoms with Gasteiger partial charge < -0.3 is 26.2 Å². The first-order chi connectivity index (χ1) is 21.0. The number of rotatable bonds is 14. The van der Waals surface area contributed by atoms with Crippen LogP contribution in [0.1, 0.15) is 76.7 Å². The number of unbranched alkanes of at least 4 members (excludes halogenated alkanes) is 2. The van der Waals surface area contributed by atoms with Crippen LogP contribution >= 0.6 is 0 Å². The summed E-state index contributed by atoms with van der Waals surface area (Å²) in [6.07, 6.45) is 9.26. The van der Waals surface area contributed by atoms with Gasteiger partial charge in [0.25, 0.3) is 0 Å². The highest BCUT2D eigenvalue weighted by Crippen LogP contribution is 2.29. The van der Waals surface area contributed by atoms with Crippen LogP contribution < -0.4 is 16.4 Å². The number of amides is 5. The molecule has 1 aromatic carbocycles. The number of nitrogens with one attached hydrogen (secondary N) is 2. The maximum Gasteiger partial charge on any atom is 0.243 e. The molecule has 2 saturated heterocycles. The zero-order chi connectivity index (χ0) is 32.3. The molecule has 0 spiro atoms. The number of carbonyl (C=O) groups is 5. The third-order valence-corrected chi connectivity index (χ3v) is 9.93. The lowest BCUT2D eigenvalue weighted by Crippen LogP contribution is -2.55. The number of carbonyl (C=O) groups excluding carboxylic acids is 5. The van der Waals surface area contributed by atoms with E-state index in [-0.39, 0.29) is 60.9 Å². The number of hydrogen-bond acceptors (Lipinski definition) is 7. The minimum atomic E-state index is -3.36. The molecule has 12 nitrogen and oxygen atoms in total. The SMILES string of the molecule is C#CCCCCC(=O)N1CCC(=O)N2C(CCC2C(=O)NC(CCC(N)=O)C(=O)NCc2ccc(S(=O)(=O)CC)cc2)CC1. The van der Waals surface area contributed by atoms with Crippen molar-refractivity contribution in [3.05, 3.63) is 29.8 Å². The van der Waals surface area contributed by atoms with Crippen LogP contribution in [0.15, 0.2) is 29.2 Å². The van der Waals surface area contributed by atoms with Gasteiger partial charge in [-0.15, -0.1) is 12.3 Å². The predicted octanol–water partition coefficient (Wildman–Crippen LogP) is 1.02. The van der Waals surface area contributed by atoms with Crippen molar-refractivity contribution in [2.75, 3.05) is 18.8 Å². The quantitative estimate of drug-likeness (QED) is 0.203. The summed E-state index contributed by atoms with van der Waals surface area (Å²) >= 11 is 0. The number of fused-ring (bicyclic) bond motifs is 1. The lowest BCUT2D eigenvalue weighted by molar-refractivity contribution is -0.143. The van der Waals surface area contributed by atoms with Crippen LogP contribution in [0, 0.1) is 12.3 Å². The molecule has 5 amide bonds. The predicted molar refractivity (Wildman–Crippen MR) is 163 cm³/mol. The molecule has 3 rings (SSSR count). The molecule has 2 fully saturated rings. The Morgan fingerprint density at radius 2 is 1.80 bits per heavy atom. The van der Waals surface area contributed by atoms with Gasteiger partial charge in [0.15, 0.2) is 9.84 Å². The molecule has 0 bridgehead atoms. The zero-order valence-electron chi connectivity index (χ0n) is 25.3. The molecule has 1 aromatic rings. The first-order valence-electron chi connectivity index (χ1n) is 15.2. The van der Waals surface area contributed by atoms with Gasteiger partial charge in [-0.3, -0.25) is 24.0 Å². The van der Waals surface area contributed by atoms with Gasteiger partial charge in [0.1, 0.15) is 12.1 Å². The molecule has 4 N–H and O–H groups in total. The van der Waals surface area contributed by atoms with Crippen molar-refractivity contribution >= 4 is 39.4 Å². The minimum absolute atomic E-state index is 0.000743. The van der Waals surface area contributed by atoms with Gasteiger partial charge in [0.05, 0.1) is 10.6 Å². The van der Waals surface area contributed by atoms with E-state index < -0.39 is 39.6 Å². The highest BCUT2D eigenvalue weighted by molar-refractivity contribution is 7.91. The zero-order valence-corrected chi connectivity index (χ0v) is 26.1. The van der Waals surface area contributed by atoms with Gasteiger partial charge in [-0.25, -0.2) is 8.42 Å². The number of nitrogens with two attached hydrogens (primary N) is 1. The summed E-state index contributed by atoms with van der Waals surface area (Å²) in [5.41, 5.74) is 5.96. The van der Waals surface area contributed by atoms with Gasteiger partial charge >= 0.3 is 0 Å². The Balaban J connectivity index is 1.61. The summed E-state index contributed by atoms with van der Waals surface area (Å²) in [6, 6.07) is 4.10. The van der Waals surface area contributed by atoms with E-state index in [0.29, 0.717) is 50.6 Å². The number of primary amides is 1. The summed E-state index contributed by atoms with van der Waals surface area (Å²) in [7, 11) is -3.36. The molecule has 13 heteroatoms. The van der Waals surface area contributed by atoms with Gasteiger partial charge in [0, 0.05) is 51.4 Å². The van der Waals surface area contributed by atoms with Crippen LogP contribution in [-0.4, -0.2) is 84.7 Å². The molecule has 0 radical (unpaired) electrons. The van der Waals surface area contributed by atoms with Crippen molar-refractivity contribution in [1.29, 1.82) is 0 Å². The minimum Gasteiger partial charge on any atom is -0.370 e. The second-order valence-electron chi connectivity index (χ2n) is 11.2. The molecule has 2 heterocycles. The summed E-state index contributed by atoms with van der Waals surface area (Å²) in [5, 5.41) is 5.45. The normalized spacial score (nSPS) is 19.2. The molecule has 0 aromatic heterocycles. The summed E-state index contributed by atoms with van der Waals surface area (Å²) < 4.78 is 24.1. The largest absolute Gasteiger partial charge is 0.370 e. The Bertz CT molecular complexity index is 1360. The van der Waals surface area contributed by atoms with E-state index in [1.807, 2.05) is 0 Å². The average molecular weight is 630 g/mol. The van der Waals surface area contributed by atoms with E-state index in [1.54, 1.807) is 28.9 Å². The van der Waals surface area contributed by atoms with Crippen LogP contribution in [-0.2, 0) is 40.4 Å². The molecule has 3 atom stereocenters. The standard InChI is InChI=1S/C31H43N5O7S/c1-3-5-6-7-8-28(38)35-19-17-23-11-15-26(36(23)29(39)18-20-35)31(41)34-25(14-16-27(32)37)30(40)33-21-22-9-12-24(13-10-22)44(42,43)4-2/h1,9-10,12-13,23,25-26H,4-8,11,14-21H2,2H3,(H2,32,37)(H,33,40)(H,34,41). The first kappa shape index (κ1) is 34.6. The van der Waals surface area contributed by atoms with Crippen LogP contribution in [0.3, 0.4) is 0 Å². The van der Waals surface area contributed by atoms with Crippen molar-refractivity contribution in [3.8, 4) is 12.3 Å². The van der Waals surface area contributed by atoms with Crippen molar-refractivity contribution in [2.24, 2.45) is 5.73 Å². The number of terminal acetylenes is 1. The number of sulfone groups is 1. The molecule has 0 saturated carbocycles. The van der Waals surface area contributed by atoms with Crippen LogP contribution in [0.4, 0.5) is 0 Å². The Morgan fingerprint density at radius 3 is 2.45 bits per heavy atom. The number of benzene rings is 1. The molecule has 0 aliphatic carbocycles. The lowest BCUT2D eigenvalue weighted by atomic mass is 10.1. The maximum absolute atomic E-state index is 13.4. The first-order valence-corrected chi connectivity index (χ1v) is 16.8.